The highest BCUT2D eigenvalue weighted by Gasteiger charge is 2.29. The van der Waals surface area contributed by atoms with Crippen LogP contribution in [-0.4, -0.2) is 44.6 Å². The number of hydrogen-bond donors (Lipinski definition) is 1. The molecule has 1 N–H and O–H groups in total. The standard InChI is InChI=1S/C21H25N3O3S/c25-21(23-13-4-5-14-23)20(17-7-2-1-3-8-17)22-18-9-11-19(12-10-18)24-15-6-16-28(24,26)27/h1-3,7-12,20,22H,4-6,13-16H2/t20-/m0/s1. The first-order valence-corrected chi connectivity index (χ1v) is 11.4. The molecule has 1 atom stereocenters. The Kier molecular flexibility index (Phi) is 5.26. The molecule has 6 nitrogen and oxygen atoms in total. The molecule has 4 rings (SSSR count). The van der Waals surface area contributed by atoms with Gasteiger partial charge in [-0.15, -0.1) is 0 Å². The lowest BCUT2D eigenvalue weighted by atomic mass is 10.0. The summed E-state index contributed by atoms with van der Waals surface area (Å²) in [5.74, 6) is 0.280. The predicted octanol–water partition coefficient (Wildman–Crippen LogP) is 3.00. The van der Waals surface area contributed by atoms with Crippen LogP contribution in [0.4, 0.5) is 11.4 Å². The highest BCUT2D eigenvalue weighted by Crippen LogP contribution is 2.28. The van der Waals surface area contributed by atoms with Gasteiger partial charge in [-0.2, -0.15) is 0 Å². The summed E-state index contributed by atoms with van der Waals surface area (Å²) in [5.41, 5.74) is 2.39. The van der Waals surface area contributed by atoms with Crippen LogP contribution >= 0.6 is 0 Å². The molecule has 2 saturated heterocycles. The largest absolute Gasteiger partial charge is 0.370 e. The molecule has 2 aromatic rings. The zero-order chi connectivity index (χ0) is 19.6. The Morgan fingerprint density at radius 2 is 1.57 bits per heavy atom. The molecular weight excluding hydrogens is 374 g/mol. The normalized spacial score (nSPS) is 19.6. The van der Waals surface area contributed by atoms with E-state index >= 15 is 0 Å². The van der Waals surface area contributed by atoms with E-state index in [9.17, 15) is 13.2 Å². The molecule has 148 valence electrons. The van der Waals surface area contributed by atoms with Crippen molar-refractivity contribution in [3.8, 4) is 0 Å². The Hall–Kier alpha value is -2.54. The minimum atomic E-state index is -3.19. The Morgan fingerprint density at radius 3 is 2.18 bits per heavy atom. The molecule has 7 heteroatoms. The Morgan fingerprint density at radius 1 is 0.893 bits per heavy atom. The molecule has 2 heterocycles. The van der Waals surface area contributed by atoms with E-state index in [1.54, 1.807) is 12.1 Å². The Balaban J connectivity index is 1.56. The molecule has 0 spiro atoms. The summed E-state index contributed by atoms with van der Waals surface area (Å²) >= 11 is 0. The Bertz CT molecular complexity index is 923. The molecule has 2 fully saturated rings. The number of rotatable bonds is 5. The van der Waals surface area contributed by atoms with Crippen LogP contribution in [-0.2, 0) is 14.8 Å². The summed E-state index contributed by atoms with van der Waals surface area (Å²) in [6.07, 6.45) is 2.75. The van der Waals surface area contributed by atoms with Crippen molar-refractivity contribution in [1.82, 2.24) is 4.90 Å². The molecule has 0 aliphatic carbocycles. The lowest BCUT2D eigenvalue weighted by Crippen LogP contribution is -2.36. The molecule has 0 bridgehead atoms. The second-order valence-electron chi connectivity index (χ2n) is 7.31. The fourth-order valence-corrected chi connectivity index (χ4v) is 5.44. The van der Waals surface area contributed by atoms with E-state index in [1.165, 1.54) is 4.31 Å². The van der Waals surface area contributed by atoms with Crippen molar-refractivity contribution in [3.63, 3.8) is 0 Å². The monoisotopic (exact) mass is 399 g/mol. The number of hydrogen-bond acceptors (Lipinski definition) is 4. The zero-order valence-corrected chi connectivity index (χ0v) is 16.6. The first-order chi connectivity index (χ1) is 13.5. The van der Waals surface area contributed by atoms with Crippen molar-refractivity contribution < 1.29 is 13.2 Å². The quantitative estimate of drug-likeness (QED) is 0.839. The number of amides is 1. The second kappa shape index (κ2) is 7.83. The fraction of sp³-hybridized carbons (Fsp3) is 0.381. The molecule has 28 heavy (non-hydrogen) atoms. The van der Waals surface area contributed by atoms with E-state index in [1.807, 2.05) is 47.4 Å². The van der Waals surface area contributed by atoms with Gasteiger partial charge in [-0.3, -0.25) is 9.10 Å². The summed E-state index contributed by atoms with van der Waals surface area (Å²) in [6.45, 7) is 2.13. The molecular formula is C21H25N3O3S. The SMILES string of the molecule is O=C([C@@H](Nc1ccc(N2CCCS2(=O)=O)cc1)c1ccccc1)N1CCCC1. The maximum Gasteiger partial charge on any atom is 0.249 e. The smallest absolute Gasteiger partial charge is 0.249 e. The van der Waals surface area contributed by atoms with Crippen LogP contribution in [0.5, 0.6) is 0 Å². The molecule has 1 amide bonds. The van der Waals surface area contributed by atoms with Gasteiger partial charge in [-0.1, -0.05) is 30.3 Å². The first-order valence-electron chi connectivity index (χ1n) is 9.75. The third-order valence-corrected chi connectivity index (χ3v) is 7.23. The summed E-state index contributed by atoms with van der Waals surface area (Å²) in [4.78, 5) is 15.0. The van der Waals surface area contributed by atoms with Crippen LogP contribution in [0.3, 0.4) is 0 Å². The number of nitrogens with zero attached hydrogens (tertiary/aromatic N) is 2. The molecule has 0 aromatic heterocycles. The van der Waals surface area contributed by atoms with Crippen LogP contribution in [0.1, 0.15) is 30.9 Å². The lowest BCUT2D eigenvalue weighted by molar-refractivity contribution is -0.131. The predicted molar refractivity (Wildman–Crippen MR) is 111 cm³/mol. The number of carbonyl (C=O) groups excluding carboxylic acids is 1. The molecule has 0 saturated carbocycles. The van der Waals surface area contributed by atoms with E-state index in [0.29, 0.717) is 18.7 Å². The van der Waals surface area contributed by atoms with E-state index in [2.05, 4.69) is 5.32 Å². The summed E-state index contributed by atoms with van der Waals surface area (Å²) in [7, 11) is -3.19. The fourth-order valence-electron chi connectivity index (χ4n) is 3.87. The van der Waals surface area contributed by atoms with Gasteiger partial charge < -0.3 is 10.2 Å². The summed E-state index contributed by atoms with van der Waals surface area (Å²) in [5, 5.41) is 3.35. The van der Waals surface area contributed by atoms with E-state index in [-0.39, 0.29) is 11.7 Å². The van der Waals surface area contributed by atoms with Crippen molar-refractivity contribution in [3.05, 3.63) is 60.2 Å². The maximum atomic E-state index is 13.1. The minimum Gasteiger partial charge on any atom is -0.370 e. The topological polar surface area (TPSA) is 69.7 Å². The van der Waals surface area contributed by atoms with Crippen molar-refractivity contribution in [2.45, 2.75) is 25.3 Å². The van der Waals surface area contributed by atoms with Crippen LogP contribution in [0.25, 0.3) is 0 Å². The van der Waals surface area contributed by atoms with Gasteiger partial charge in [0.2, 0.25) is 15.9 Å². The van der Waals surface area contributed by atoms with E-state index in [0.717, 1.165) is 37.2 Å². The minimum absolute atomic E-state index is 0.0786. The average Bonchev–Trinajstić information content (AvgIpc) is 3.36. The number of likely N-dealkylation sites (tertiary alicyclic amines) is 1. The highest BCUT2D eigenvalue weighted by molar-refractivity contribution is 7.93. The van der Waals surface area contributed by atoms with Gasteiger partial charge in [-0.25, -0.2) is 8.42 Å². The maximum absolute atomic E-state index is 13.1. The molecule has 2 aliphatic heterocycles. The van der Waals surface area contributed by atoms with E-state index < -0.39 is 16.1 Å². The first kappa shape index (κ1) is 18.8. The highest BCUT2D eigenvalue weighted by atomic mass is 32.2. The molecule has 2 aromatic carbocycles. The lowest BCUT2D eigenvalue weighted by Gasteiger charge is -2.25. The summed E-state index contributed by atoms with van der Waals surface area (Å²) < 4.78 is 25.7. The van der Waals surface area contributed by atoms with Gasteiger partial charge in [0.15, 0.2) is 0 Å². The molecule has 0 radical (unpaired) electrons. The van der Waals surface area contributed by atoms with Crippen LogP contribution in [0, 0.1) is 0 Å². The van der Waals surface area contributed by atoms with Crippen molar-refractivity contribution in [2.24, 2.45) is 0 Å². The number of carbonyl (C=O) groups is 1. The number of sulfonamides is 1. The third kappa shape index (κ3) is 3.85. The van der Waals surface area contributed by atoms with Crippen molar-refractivity contribution in [2.75, 3.05) is 35.0 Å². The van der Waals surface area contributed by atoms with Crippen molar-refractivity contribution >= 4 is 27.3 Å². The van der Waals surface area contributed by atoms with Gasteiger partial charge in [0.1, 0.15) is 6.04 Å². The third-order valence-electron chi connectivity index (χ3n) is 5.36. The van der Waals surface area contributed by atoms with Gasteiger partial charge in [-0.05, 0) is 49.1 Å². The average molecular weight is 400 g/mol. The number of benzene rings is 2. The number of anilines is 2. The van der Waals surface area contributed by atoms with Gasteiger partial charge in [0.05, 0.1) is 11.4 Å². The second-order valence-corrected chi connectivity index (χ2v) is 9.32. The van der Waals surface area contributed by atoms with Crippen LogP contribution in [0.2, 0.25) is 0 Å². The number of nitrogens with one attached hydrogen (secondary N) is 1. The Labute approximate surface area is 166 Å². The zero-order valence-electron chi connectivity index (χ0n) is 15.8. The van der Waals surface area contributed by atoms with Crippen molar-refractivity contribution in [1.29, 1.82) is 0 Å². The van der Waals surface area contributed by atoms with Gasteiger partial charge >= 0.3 is 0 Å². The van der Waals surface area contributed by atoms with Gasteiger partial charge in [0.25, 0.3) is 0 Å². The van der Waals surface area contributed by atoms with Crippen LogP contribution in [0.15, 0.2) is 54.6 Å². The van der Waals surface area contributed by atoms with Crippen LogP contribution < -0.4 is 9.62 Å². The van der Waals surface area contributed by atoms with E-state index in [4.69, 9.17) is 0 Å². The summed E-state index contributed by atoms with van der Waals surface area (Å²) in [6, 6.07) is 16.5. The van der Waals surface area contributed by atoms with Gasteiger partial charge in [0, 0.05) is 25.3 Å². The molecule has 2 aliphatic rings. The molecule has 0 unspecified atom stereocenters.